The van der Waals surface area contributed by atoms with Gasteiger partial charge in [0.2, 0.25) is 0 Å². The molecule has 0 aliphatic heterocycles. The Labute approximate surface area is 124 Å². The molecular weight excluding hydrogens is 276 g/mol. The number of halogens is 1. The third-order valence-corrected chi connectivity index (χ3v) is 2.79. The van der Waals surface area contributed by atoms with Gasteiger partial charge in [0.1, 0.15) is 5.69 Å². The van der Waals surface area contributed by atoms with Crippen LogP contribution in [0.3, 0.4) is 0 Å². The van der Waals surface area contributed by atoms with E-state index in [0.29, 0.717) is 5.69 Å². The highest BCUT2D eigenvalue weighted by atomic mass is 35.5. The number of aryl methyl sites for hydroxylation is 2. The molecule has 0 amide bonds. The molecule has 20 heavy (non-hydrogen) atoms. The zero-order valence-corrected chi connectivity index (χ0v) is 11.8. The van der Waals surface area contributed by atoms with Crippen LogP contribution >= 0.6 is 12.4 Å². The normalized spacial score (nSPS) is 10.4. The number of nitrogens with zero attached hydrogens (tertiary/aromatic N) is 4. The molecule has 0 aliphatic rings. The van der Waals surface area contributed by atoms with Gasteiger partial charge in [0.05, 0.1) is 18.1 Å². The van der Waals surface area contributed by atoms with Gasteiger partial charge in [-0.2, -0.15) is 0 Å². The maximum atomic E-state index is 8.37. The van der Waals surface area contributed by atoms with Crippen LogP contribution in [-0.2, 0) is 12.8 Å². The molecule has 2 aromatic rings. The van der Waals surface area contributed by atoms with Crippen molar-refractivity contribution >= 4 is 18.6 Å². The van der Waals surface area contributed by atoms with Gasteiger partial charge in [0.15, 0.2) is 0 Å². The van der Waals surface area contributed by atoms with E-state index in [9.17, 15) is 0 Å². The summed E-state index contributed by atoms with van der Waals surface area (Å²) in [6, 6.07) is 4.05. The van der Waals surface area contributed by atoms with Crippen LogP contribution in [-0.4, -0.2) is 26.4 Å². The number of aromatic nitrogens is 3. The molecule has 106 valence electrons. The van der Waals surface area contributed by atoms with E-state index in [4.69, 9.17) is 5.21 Å². The number of hydrogen-bond donors (Lipinski definition) is 1. The zero-order chi connectivity index (χ0) is 13.3. The van der Waals surface area contributed by atoms with E-state index in [1.54, 1.807) is 18.6 Å². The average Bonchev–Trinajstić information content (AvgIpc) is 2.47. The highest BCUT2D eigenvalue weighted by Gasteiger charge is 1.98. The number of pyridine rings is 1. The Kier molecular flexibility index (Phi) is 7.21. The summed E-state index contributed by atoms with van der Waals surface area (Å²) < 4.78 is 0. The molecule has 5 nitrogen and oxygen atoms in total. The largest absolute Gasteiger partial charge is 0.411 e. The van der Waals surface area contributed by atoms with E-state index in [1.165, 1.54) is 11.8 Å². The van der Waals surface area contributed by atoms with Gasteiger partial charge in [-0.3, -0.25) is 15.0 Å². The van der Waals surface area contributed by atoms with Crippen LogP contribution in [0.25, 0.3) is 0 Å². The van der Waals surface area contributed by atoms with E-state index in [-0.39, 0.29) is 12.4 Å². The molecule has 0 unspecified atom stereocenters. The molecule has 2 rings (SSSR count). The molecule has 0 aliphatic carbocycles. The number of rotatable bonds is 6. The van der Waals surface area contributed by atoms with Crippen molar-refractivity contribution in [2.45, 2.75) is 25.7 Å². The summed E-state index contributed by atoms with van der Waals surface area (Å²) in [6.45, 7) is 0. The molecule has 0 saturated carbocycles. The Morgan fingerprint density at radius 3 is 2.60 bits per heavy atom. The molecule has 0 saturated heterocycles. The third kappa shape index (κ3) is 5.32. The van der Waals surface area contributed by atoms with Crippen LogP contribution in [0, 0.1) is 0 Å². The van der Waals surface area contributed by atoms with Crippen molar-refractivity contribution < 1.29 is 5.21 Å². The lowest BCUT2D eigenvalue weighted by molar-refractivity contribution is 0.321. The average molecular weight is 293 g/mol. The van der Waals surface area contributed by atoms with E-state index in [1.807, 2.05) is 12.3 Å². The van der Waals surface area contributed by atoms with Gasteiger partial charge in [-0.05, 0) is 37.3 Å². The summed E-state index contributed by atoms with van der Waals surface area (Å²) in [5.41, 5.74) is 2.78. The fraction of sp³-hybridized carbons (Fsp3) is 0.286. The molecule has 0 fully saturated rings. The topological polar surface area (TPSA) is 71.3 Å². The third-order valence-electron chi connectivity index (χ3n) is 2.79. The lowest BCUT2D eigenvalue weighted by Gasteiger charge is -2.01. The standard InChI is InChI=1S/C14H16N4O.ClH/c19-18-11-14-10-16-13(9-17-14)6-2-1-4-12-5-3-7-15-8-12;/h3,5,7-11,19H,1-2,4,6H2;1H/b18-11+;. The number of hydrogen-bond acceptors (Lipinski definition) is 5. The van der Waals surface area contributed by atoms with Crippen LogP contribution in [0.15, 0.2) is 42.1 Å². The first-order valence-corrected chi connectivity index (χ1v) is 6.26. The Morgan fingerprint density at radius 1 is 1.10 bits per heavy atom. The van der Waals surface area contributed by atoms with Gasteiger partial charge in [-0.15, -0.1) is 12.4 Å². The summed E-state index contributed by atoms with van der Waals surface area (Å²) in [5.74, 6) is 0. The van der Waals surface area contributed by atoms with E-state index < -0.39 is 0 Å². The molecule has 0 bridgehead atoms. The summed E-state index contributed by atoms with van der Waals surface area (Å²) >= 11 is 0. The van der Waals surface area contributed by atoms with Gasteiger partial charge in [-0.1, -0.05) is 11.2 Å². The number of unbranched alkanes of at least 4 members (excludes halogenated alkanes) is 1. The van der Waals surface area contributed by atoms with Crippen molar-refractivity contribution in [3.63, 3.8) is 0 Å². The van der Waals surface area contributed by atoms with Crippen molar-refractivity contribution in [1.82, 2.24) is 15.0 Å². The van der Waals surface area contributed by atoms with Gasteiger partial charge >= 0.3 is 0 Å². The van der Waals surface area contributed by atoms with Crippen LogP contribution in [0.1, 0.15) is 29.8 Å². The monoisotopic (exact) mass is 292 g/mol. The Balaban J connectivity index is 0.00000200. The van der Waals surface area contributed by atoms with Gasteiger partial charge in [0, 0.05) is 18.6 Å². The van der Waals surface area contributed by atoms with Crippen molar-refractivity contribution in [3.05, 3.63) is 53.9 Å². The SMILES string of the molecule is Cl.O/N=C/c1cnc(CCCCc2cccnc2)cn1. The van der Waals surface area contributed by atoms with E-state index in [2.05, 4.69) is 26.2 Å². The van der Waals surface area contributed by atoms with Crippen LogP contribution in [0.4, 0.5) is 0 Å². The van der Waals surface area contributed by atoms with Crippen molar-refractivity contribution in [2.24, 2.45) is 5.16 Å². The van der Waals surface area contributed by atoms with Crippen LogP contribution in [0.5, 0.6) is 0 Å². The molecule has 0 radical (unpaired) electrons. The second-order valence-electron chi connectivity index (χ2n) is 4.25. The van der Waals surface area contributed by atoms with Gasteiger partial charge in [-0.25, -0.2) is 0 Å². The molecule has 0 aromatic carbocycles. The summed E-state index contributed by atoms with van der Waals surface area (Å²) in [5, 5.41) is 11.3. The highest BCUT2D eigenvalue weighted by Crippen LogP contribution is 2.06. The second-order valence-corrected chi connectivity index (χ2v) is 4.25. The molecule has 0 spiro atoms. The van der Waals surface area contributed by atoms with Gasteiger partial charge < -0.3 is 5.21 Å². The lowest BCUT2D eigenvalue weighted by atomic mass is 10.1. The lowest BCUT2D eigenvalue weighted by Crippen LogP contribution is -1.96. The van der Waals surface area contributed by atoms with E-state index in [0.717, 1.165) is 31.4 Å². The first-order chi connectivity index (χ1) is 9.38. The summed E-state index contributed by atoms with van der Waals surface area (Å²) in [7, 11) is 0. The van der Waals surface area contributed by atoms with E-state index >= 15 is 0 Å². The maximum Gasteiger partial charge on any atom is 0.103 e. The Bertz CT molecular complexity index is 516. The Hall–Kier alpha value is -2.01. The van der Waals surface area contributed by atoms with Crippen molar-refractivity contribution in [3.8, 4) is 0 Å². The first kappa shape index (κ1) is 16.0. The predicted octanol–water partition coefficient (Wildman–Crippen LogP) is 2.67. The summed E-state index contributed by atoms with van der Waals surface area (Å²) in [6.07, 6.45) is 12.4. The minimum atomic E-state index is 0. The fourth-order valence-corrected chi connectivity index (χ4v) is 1.80. The molecule has 2 aromatic heterocycles. The van der Waals surface area contributed by atoms with Gasteiger partial charge in [0.25, 0.3) is 0 Å². The number of oxime groups is 1. The smallest absolute Gasteiger partial charge is 0.103 e. The zero-order valence-electron chi connectivity index (χ0n) is 11.0. The van der Waals surface area contributed by atoms with Crippen LogP contribution < -0.4 is 0 Å². The maximum absolute atomic E-state index is 8.37. The minimum Gasteiger partial charge on any atom is -0.411 e. The molecule has 2 heterocycles. The van der Waals surface area contributed by atoms with Crippen LogP contribution in [0.2, 0.25) is 0 Å². The Morgan fingerprint density at radius 2 is 1.95 bits per heavy atom. The summed E-state index contributed by atoms with van der Waals surface area (Å²) in [4.78, 5) is 12.5. The molecule has 6 heteroatoms. The minimum absolute atomic E-state index is 0. The molecule has 1 N–H and O–H groups in total. The fourth-order valence-electron chi connectivity index (χ4n) is 1.80. The first-order valence-electron chi connectivity index (χ1n) is 6.26. The molecule has 0 atom stereocenters. The van der Waals surface area contributed by atoms with Crippen molar-refractivity contribution in [2.75, 3.05) is 0 Å². The molecular formula is C14H17ClN4O. The second kappa shape index (κ2) is 8.98. The highest BCUT2D eigenvalue weighted by molar-refractivity contribution is 5.85. The quantitative estimate of drug-likeness (QED) is 0.384. The van der Waals surface area contributed by atoms with Crippen molar-refractivity contribution in [1.29, 1.82) is 0 Å². The predicted molar refractivity (Wildman–Crippen MR) is 79.5 cm³/mol.